The molecule has 3 heteroatoms. The van der Waals surface area contributed by atoms with Crippen LogP contribution in [-0.2, 0) is 0 Å². The monoisotopic (exact) mass is 287 g/mol. The van der Waals surface area contributed by atoms with E-state index >= 15 is 0 Å². The molecule has 22 heavy (non-hydrogen) atoms. The molecule has 1 atom stereocenters. The van der Waals surface area contributed by atoms with Gasteiger partial charge in [-0.1, -0.05) is 29.8 Å². The first-order valence-corrected chi connectivity index (χ1v) is 7.41. The Morgan fingerprint density at radius 2 is 1.86 bits per heavy atom. The summed E-state index contributed by atoms with van der Waals surface area (Å²) >= 11 is 0. The largest absolute Gasteiger partial charge is 0.397 e. The van der Waals surface area contributed by atoms with Gasteiger partial charge in [0.1, 0.15) is 12.1 Å². The lowest BCUT2D eigenvalue weighted by Crippen LogP contribution is -2.19. The summed E-state index contributed by atoms with van der Waals surface area (Å²) in [6, 6.07) is 10.7. The van der Waals surface area contributed by atoms with Gasteiger partial charge in [0, 0.05) is 5.92 Å². The zero-order valence-corrected chi connectivity index (χ0v) is 12.8. The second-order valence-electron chi connectivity index (χ2n) is 5.91. The molecule has 0 spiro atoms. The highest BCUT2D eigenvalue weighted by molar-refractivity contribution is 5.86. The van der Waals surface area contributed by atoms with Gasteiger partial charge in [0.05, 0.1) is 16.8 Å². The van der Waals surface area contributed by atoms with Crippen LogP contribution >= 0.6 is 0 Å². The highest BCUT2D eigenvalue weighted by atomic mass is 14.6. The molecule has 2 N–H and O–H groups in total. The lowest BCUT2D eigenvalue weighted by Gasteiger charge is -2.27. The maximum Gasteiger partial charge on any atom is 0.102 e. The summed E-state index contributed by atoms with van der Waals surface area (Å²) in [6.07, 6.45) is 3.95. The van der Waals surface area contributed by atoms with Crippen LogP contribution in [0, 0.1) is 42.4 Å². The van der Waals surface area contributed by atoms with E-state index in [0.717, 1.165) is 35.1 Å². The van der Waals surface area contributed by atoms with Crippen molar-refractivity contribution in [2.75, 3.05) is 0 Å². The van der Waals surface area contributed by atoms with Crippen LogP contribution in [0.2, 0.25) is 0 Å². The van der Waals surface area contributed by atoms with Crippen LogP contribution in [0.1, 0.15) is 29.5 Å². The van der Waals surface area contributed by atoms with Crippen LogP contribution < -0.4 is 5.73 Å². The summed E-state index contributed by atoms with van der Waals surface area (Å²) in [5, 5.41) is 19.0. The van der Waals surface area contributed by atoms with E-state index in [4.69, 9.17) is 5.73 Å². The molecule has 2 aliphatic rings. The van der Waals surface area contributed by atoms with Crippen molar-refractivity contribution < 1.29 is 0 Å². The van der Waals surface area contributed by atoms with Crippen LogP contribution in [0.25, 0.3) is 5.57 Å². The Morgan fingerprint density at radius 1 is 1.14 bits per heavy atom. The third-order valence-corrected chi connectivity index (χ3v) is 4.54. The Kier molecular flexibility index (Phi) is 3.35. The summed E-state index contributed by atoms with van der Waals surface area (Å²) in [6.45, 7) is 4.11. The van der Waals surface area contributed by atoms with Crippen LogP contribution in [0.4, 0.5) is 0 Å². The minimum Gasteiger partial charge on any atom is -0.397 e. The zero-order chi connectivity index (χ0) is 15.9. The molecular formula is C19H17N3. The topological polar surface area (TPSA) is 73.6 Å². The fraction of sp³-hybridized carbons (Fsp3) is 0.263. The fourth-order valence-electron chi connectivity index (χ4n) is 3.56. The molecule has 1 aromatic carbocycles. The number of aryl methyl sites for hydroxylation is 2. The number of allylic oxidation sites excluding steroid dienone is 5. The van der Waals surface area contributed by atoms with Gasteiger partial charge < -0.3 is 5.73 Å². The quantitative estimate of drug-likeness (QED) is 0.856. The zero-order valence-electron chi connectivity index (χ0n) is 12.8. The predicted molar refractivity (Wildman–Crippen MR) is 86.1 cm³/mol. The molecule has 0 unspecified atom stereocenters. The van der Waals surface area contributed by atoms with Crippen LogP contribution in [0.5, 0.6) is 0 Å². The van der Waals surface area contributed by atoms with E-state index in [9.17, 15) is 10.5 Å². The van der Waals surface area contributed by atoms with E-state index in [0.29, 0.717) is 16.8 Å². The Bertz CT molecular complexity index is 838. The van der Waals surface area contributed by atoms with E-state index in [2.05, 4.69) is 50.3 Å². The molecule has 0 saturated carbocycles. The minimum atomic E-state index is 0.109. The third kappa shape index (κ3) is 1.95. The third-order valence-electron chi connectivity index (χ3n) is 4.54. The smallest absolute Gasteiger partial charge is 0.102 e. The van der Waals surface area contributed by atoms with E-state index < -0.39 is 0 Å². The Morgan fingerprint density at radius 3 is 2.50 bits per heavy atom. The number of fused-ring (bicyclic) bond motifs is 1. The second-order valence-corrected chi connectivity index (χ2v) is 5.91. The molecule has 1 aromatic rings. The average molecular weight is 287 g/mol. The summed E-state index contributed by atoms with van der Waals surface area (Å²) in [7, 11) is 0. The standard InChI is InChI=1S/C19H17N3/c1-11-6-7-13(12(2)8-11)18-15-5-3-4-14(15)16(9-20)19(22)17(18)10-21/h4,6-8,15H,3,5,22H2,1-2H3/t15-/m0/s1. The summed E-state index contributed by atoms with van der Waals surface area (Å²) in [4.78, 5) is 0. The Hall–Kier alpha value is -2.78. The van der Waals surface area contributed by atoms with Crippen LogP contribution in [0.15, 0.2) is 46.7 Å². The maximum atomic E-state index is 9.62. The van der Waals surface area contributed by atoms with Crippen molar-refractivity contribution in [1.29, 1.82) is 10.5 Å². The highest BCUT2D eigenvalue weighted by Crippen LogP contribution is 2.47. The highest BCUT2D eigenvalue weighted by Gasteiger charge is 2.35. The fourth-order valence-corrected chi connectivity index (χ4v) is 3.56. The molecule has 0 aliphatic heterocycles. The first-order valence-electron chi connectivity index (χ1n) is 7.41. The van der Waals surface area contributed by atoms with Gasteiger partial charge in [-0.05, 0) is 49.0 Å². The van der Waals surface area contributed by atoms with Gasteiger partial charge in [-0.25, -0.2) is 0 Å². The van der Waals surface area contributed by atoms with Gasteiger partial charge in [0.2, 0.25) is 0 Å². The molecule has 0 aromatic heterocycles. The van der Waals surface area contributed by atoms with Gasteiger partial charge in [-0.2, -0.15) is 10.5 Å². The molecule has 3 rings (SSSR count). The first-order chi connectivity index (χ1) is 10.6. The number of hydrogen-bond acceptors (Lipinski definition) is 3. The van der Waals surface area contributed by atoms with Gasteiger partial charge in [0.15, 0.2) is 0 Å². The number of nitrogens with zero attached hydrogens (tertiary/aromatic N) is 2. The van der Waals surface area contributed by atoms with E-state index in [1.54, 1.807) is 0 Å². The van der Waals surface area contributed by atoms with E-state index in [1.165, 1.54) is 5.56 Å². The van der Waals surface area contributed by atoms with Crippen molar-refractivity contribution >= 4 is 5.57 Å². The summed E-state index contributed by atoms with van der Waals surface area (Å²) in [5.41, 5.74) is 12.8. The lowest BCUT2D eigenvalue weighted by molar-refractivity contribution is 0.755. The van der Waals surface area contributed by atoms with Gasteiger partial charge >= 0.3 is 0 Å². The van der Waals surface area contributed by atoms with Crippen molar-refractivity contribution in [1.82, 2.24) is 0 Å². The molecule has 0 saturated heterocycles. The molecule has 0 amide bonds. The van der Waals surface area contributed by atoms with Crippen molar-refractivity contribution in [2.45, 2.75) is 26.7 Å². The number of nitrogens with two attached hydrogens (primary N) is 1. The number of hydrogen-bond donors (Lipinski definition) is 1. The van der Waals surface area contributed by atoms with Gasteiger partial charge in [0.25, 0.3) is 0 Å². The molecule has 0 bridgehead atoms. The number of rotatable bonds is 1. The minimum absolute atomic E-state index is 0.109. The van der Waals surface area contributed by atoms with Crippen molar-refractivity contribution in [2.24, 2.45) is 11.7 Å². The average Bonchev–Trinajstić information content (AvgIpc) is 2.95. The van der Waals surface area contributed by atoms with Crippen molar-refractivity contribution in [3.05, 3.63) is 63.4 Å². The normalized spacial score (nSPS) is 20.4. The first kappa shape index (κ1) is 14.2. The molecule has 0 radical (unpaired) electrons. The molecule has 2 aliphatic carbocycles. The van der Waals surface area contributed by atoms with E-state index in [-0.39, 0.29) is 5.92 Å². The molecule has 3 nitrogen and oxygen atoms in total. The van der Waals surface area contributed by atoms with Crippen LogP contribution in [0.3, 0.4) is 0 Å². The maximum absolute atomic E-state index is 9.62. The SMILES string of the molecule is Cc1ccc(C2=C(C#N)C(N)=C(C#N)C3=CCC[C@@H]32)c(C)c1. The second kappa shape index (κ2) is 5.20. The van der Waals surface area contributed by atoms with Crippen LogP contribution in [-0.4, -0.2) is 0 Å². The van der Waals surface area contributed by atoms with E-state index in [1.807, 2.05) is 0 Å². The van der Waals surface area contributed by atoms with Crippen molar-refractivity contribution in [3.63, 3.8) is 0 Å². The summed E-state index contributed by atoms with van der Waals surface area (Å²) in [5.74, 6) is 0.109. The van der Waals surface area contributed by atoms with Gasteiger partial charge in [-0.15, -0.1) is 0 Å². The number of benzene rings is 1. The van der Waals surface area contributed by atoms with Crippen molar-refractivity contribution in [3.8, 4) is 12.1 Å². The molecule has 0 heterocycles. The molecule has 0 fully saturated rings. The molecular weight excluding hydrogens is 270 g/mol. The summed E-state index contributed by atoms with van der Waals surface area (Å²) < 4.78 is 0. The predicted octanol–water partition coefficient (Wildman–Crippen LogP) is 3.67. The Balaban J connectivity index is 2.32. The molecule has 108 valence electrons. The Labute approximate surface area is 130 Å². The van der Waals surface area contributed by atoms with Gasteiger partial charge in [-0.3, -0.25) is 0 Å². The lowest BCUT2D eigenvalue weighted by atomic mass is 9.75. The number of nitriles is 2.